The van der Waals surface area contributed by atoms with Crippen molar-refractivity contribution in [3.8, 4) is 0 Å². The highest BCUT2D eigenvalue weighted by molar-refractivity contribution is 5.78. The number of nitrogens with one attached hydrogen (secondary N) is 1. The normalized spacial score (nSPS) is 12.2. The predicted octanol–water partition coefficient (Wildman–Crippen LogP) is 1.04. The second-order valence-electron chi connectivity index (χ2n) is 4.74. The van der Waals surface area contributed by atoms with E-state index in [1.165, 1.54) is 18.4 Å². The van der Waals surface area contributed by atoms with Crippen LogP contribution in [0.15, 0.2) is 24.3 Å². The number of benzene rings is 1. The molecule has 1 aromatic rings. The largest absolute Gasteiger partial charge is 0.394 e. The zero-order chi connectivity index (χ0) is 14.1. The van der Waals surface area contributed by atoms with Crippen LogP contribution in [0.1, 0.15) is 30.9 Å². The van der Waals surface area contributed by atoms with Gasteiger partial charge in [-0.05, 0) is 24.0 Å². The van der Waals surface area contributed by atoms with E-state index in [2.05, 4.69) is 24.4 Å². The first kappa shape index (κ1) is 15.7. The Hall–Kier alpha value is -1.39. The maximum Gasteiger partial charge on any atom is 0.224 e. The SMILES string of the molecule is CCCCc1ccc(CC(=O)NCC(O)CO)cc1. The maximum atomic E-state index is 11.6. The Kier molecular flexibility index (Phi) is 7.15. The molecule has 4 nitrogen and oxygen atoms in total. The van der Waals surface area contributed by atoms with Crippen LogP contribution in [0, 0.1) is 0 Å². The quantitative estimate of drug-likeness (QED) is 0.658. The van der Waals surface area contributed by atoms with Crippen LogP contribution in [0.5, 0.6) is 0 Å². The lowest BCUT2D eigenvalue weighted by molar-refractivity contribution is -0.121. The minimum absolute atomic E-state index is 0.0872. The van der Waals surface area contributed by atoms with Crippen molar-refractivity contribution in [3.63, 3.8) is 0 Å². The number of carbonyl (C=O) groups is 1. The molecule has 0 radical (unpaired) electrons. The van der Waals surface area contributed by atoms with Crippen LogP contribution in [0.2, 0.25) is 0 Å². The van der Waals surface area contributed by atoms with Gasteiger partial charge in [0.1, 0.15) is 0 Å². The Morgan fingerprint density at radius 3 is 2.47 bits per heavy atom. The Bertz CT molecular complexity index is 375. The third-order valence-electron chi connectivity index (χ3n) is 2.95. The smallest absolute Gasteiger partial charge is 0.224 e. The third kappa shape index (κ3) is 6.36. The molecule has 19 heavy (non-hydrogen) atoms. The van der Waals surface area contributed by atoms with Gasteiger partial charge >= 0.3 is 0 Å². The molecule has 0 saturated heterocycles. The highest BCUT2D eigenvalue weighted by atomic mass is 16.3. The van der Waals surface area contributed by atoms with E-state index >= 15 is 0 Å². The van der Waals surface area contributed by atoms with Crippen LogP contribution in [-0.4, -0.2) is 35.4 Å². The Morgan fingerprint density at radius 2 is 1.89 bits per heavy atom. The Morgan fingerprint density at radius 1 is 1.26 bits per heavy atom. The molecular weight excluding hydrogens is 242 g/mol. The number of amides is 1. The molecule has 4 heteroatoms. The molecular formula is C15H23NO3. The summed E-state index contributed by atoms with van der Waals surface area (Å²) in [6.07, 6.45) is 2.84. The molecule has 0 saturated carbocycles. The predicted molar refractivity (Wildman–Crippen MR) is 74.9 cm³/mol. The van der Waals surface area contributed by atoms with E-state index in [0.29, 0.717) is 6.42 Å². The van der Waals surface area contributed by atoms with Crippen LogP contribution >= 0.6 is 0 Å². The van der Waals surface area contributed by atoms with Gasteiger partial charge in [0.25, 0.3) is 0 Å². The summed E-state index contributed by atoms with van der Waals surface area (Å²) in [4.78, 5) is 11.6. The van der Waals surface area contributed by atoms with Crippen molar-refractivity contribution in [1.82, 2.24) is 5.32 Å². The highest BCUT2D eigenvalue weighted by Crippen LogP contribution is 2.08. The summed E-state index contributed by atoms with van der Waals surface area (Å²) in [6, 6.07) is 8.04. The van der Waals surface area contributed by atoms with Gasteiger partial charge in [-0.3, -0.25) is 4.79 Å². The molecule has 1 atom stereocenters. The topological polar surface area (TPSA) is 69.6 Å². The van der Waals surface area contributed by atoms with Crippen molar-refractivity contribution in [2.75, 3.05) is 13.2 Å². The maximum absolute atomic E-state index is 11.6. The van der Waals surface area contributed by atoms with Gasteiger partial charge in [0.2, 0.25) is 5.91 Å². The molecule has 0 aliphatic carbocycles. The first-order valence-corrected chi connectivity index (χ1v) is 6.79. The van der Waals surface area contributed by atoms with Crippen LogP contribution in [0.25, 0.3) is 0 Å². The van der Waals surface area contributed by atoms with Crippen LogP contribution in [0.3, 0.4) is 0 Å². The zero-order valence-electron chi connectivity index (χ0n) is 11.4. The fourth-order valence-corrected chi connectivity index (χ4v) is 1.75. The second kappa shape index (κ2) is 8.67. The van der Waals surface area contributed by atoms with E-state index in [0.717, 1.165) is 12.0 Å². The van der Waals surface area contributed by atoms with E-state index < -0.39 is 6.10 Å². The summed E-state index contributed by atoms with van der Waals surface area (Å²) in [7, 11) is 0. The Labute approximate surface area is 114 Å². The minimum Gasteiger partial charge on any atom is -0.394 e. The number of carbonyl (C=O) groups excluding carboxylic acids is 1. The lowest BCUT2D eigenvalue weighted by Gasteiger charge is -2.09. The number of aliphatic hydroxyl groups is 2. The highest BCUT2D eigenvalue weighted by Gasteiger charge is 2.06. The van der Waals surface area contributed by atoms with Crippen molar-refractivity contribution in [2.24, 2.45) is 0 Å². The van der Waals surface area contributed by atoms with Gasteiger partial charge in [-0.25, -0.2) is 0 Å². The number of rotatable bonds is 8. The lowest BCUT2D eigenvalue weighted by Crippen LogP contribution is -2.34. The third-order valence-corrected chi connectivity index (χ3v) is 2.95. The molecule has 3 N–H and O–H groups in total. The molecule has 1 unspecified atom stereocenters. The van der Waals surface area contributed by atoms with Crippen molar-refractivity contribution in [3.05, 3.63) is 35.4 Å². The first-order chi connectivity index (χ1) is 9.15. The van der Waals surface area contributed by atoms with Crippen molar-refractivity contribution >= 4 is 5.91 Å². The molecule has 0 heterocycles. The van der Waals surface area contributed by atoms with Gasteiger partial charge in [-0.2, -0.15) is 0 Å². The summed E-state index contributed by atoms with van der Waals surface area (Å²) < 4.78 is 0. The molecule has 0 aromatic heterocycles. The second-order valence-corrected chi connectivity index (χ2v) is 4.74. The van der Waals surface area contributed by atoms with E-state index in [-0.39, 0.29) is 19.1 Å². The zero-order valence-corrected chi connectivity index (χ0v) is 11.4. The monoisotopic (exact) mass is 265 g/mol. The summed E-state index contributed by atoms with van der Waals surface area (Å²) in [5, 5.41) is 20.3. The number of hydrogen-bond donors (Lipinski definition) is 3. The van der Waals surface area contributed by atoms with E-state index in [1.54, 1.807) is 0 Å². The summed E-state index contributed by atoms with van der Waals surface area (Å²) >= 11 is 0. The van der Waals surface area contributed by atoms with E-state index in [4.69, 9.17) is 10.2 Å². The summed E-state index contributed by atoms with van der Waals surface area (Å²) in [5.74, 6) is -0.145. The molecule has 1 aromatic carbocycles. The van der Waals surface area contributed by atoms with Crippen molar-refractivity contribution in [2.45, 2.75) is 38.7 Å². The van der Waals surface area contributed by atoms with Crippen molar-refractivity contribution in [1.29, 1.82) is 0 Å². The molecule has 0 aliphatic heterocycles. The fraction of sp³-hybridized carbons (Fsp3) is 0.533. The average molecular weight is 265 g/mol. The standard InChI is InChI=1S/C15H23NO3/c1-2-3-4-12-5-7-13(8-6-12)9-15(19)16-10-14(18)11-17/h5-8,14,17-18H,2-4,9-11H2,1H3,(H,16,19). The number of hydrogen-bond acceptors (Lipinski definition) is 3. The van der Waals surface area contributed by atoms with Gasteiger partial charge in [0, 0.05) is 6.54 Å². The van der Waals surface area contributed by atoms with Crippen LogP contribution in [0.4, 0.5) is 0 Å². The minimum atomic E-state index is -0.889. The van der Waals surface area contributed by atoms with Crippen molar-refractivity contribution < 1.29 is 15.0 Å². The van der Waals surface area contributed by atoms with Gasteiger partial charge in [0.05, 0.1) is 19.1 Å². The average Bonchev–Trinajstić information content (AvgIpc) is 2.44. The number of aryl methyl sites for hydroxylation is 1. The van der Waals surface area contributed by atoms with Gasteiger partial charge in [-0.1, -0.05) is 37.6 Å². The number of aliphatic hydroxyl groups excluding tert-OH is 2. The lowest BCUT2D eigenvalue weighted by atomic mass is 10.0. The van der Waals surface area contributed by atoms with Gasteiger partial charge in [-0.15, -0.1) is 0 Å². The molecule has 106 valence electrons. The molecule has 0 bridgehead atoms. The first-order valence-electron chi connectivity index (χ1n) is 6.79. The van der Waals surface area contributed by atoms with Gasteiger partial charge in [0.15, 0.2) is 0 Å². The summed E-state index contributed by atoms with van der Waals surface area (Å²) in [5.41, 5.74) is 2.25. The van der Waals surface area contributed by atoms with Gasteiger partial charge < -0.3 is 15.5 Å². The molecule has 1 rings (SSSR count). The molecule has 0 fully saturated rings. The van der Waals surface area contributed by atoms with Crippen LogP contribution < -0.4 is 5.32 Å². The Balaban J connectivity index is 2.37. The van der Waals surface area contributed by atoms with E-state index in [9.17, 15) is 4.79 Å². The van der Waals surface area contributed by atoms with E-state index in [1.807, 2.05) is 12.1 Å². The number of unbranched alkanes of at least 4 members (excludes halogenated alkanes) is 1. The molecule has 1 amide bonds. The molecule has 0 aliphatic rings. The fourth-order valence-electron chi connectivity index (χ4n) is 1.75. The summed E-state index contributed by atoms with van der Waals surface area (Å²) in [6.45, 7) is 1.91. The van der Waals surface area contributed by atoms with Crippen LogP contribution in [-0.2, 0) is 17.6 Å². The molecule has 0 spiro atoms.